The Bertz CT molecular complexity index is 369. The van der Waals surface area contributed by atoms with Crippen molar-refractivity contribution in [1.29, 1.82) is 5.26 Å². The maximum atomic E-state index is 9.05. The van der Waals surface area contributed by atoms with Crippen LogP contribution in [0.25, 0.3) is 0 Å². The third-order valence-electron chi connectivity index (χ3n) is 2.15. The lowest BCUT2D eigenvalue weighted by atomic mass is 9.93. The molecule has 0 radical (unpaired) electrons. The summed E-state index contributed by atoms with van der Waals surface area (Å²) >= 11 is 1.67. The van der Waals surface area contributed by atoms with Gasteiger partial charge in [0.25, 0.3) is 0 Å². The lowest BCUT2D eigenvalue weighted by Gasteiger charge is -2.12. The summed E-state index contributed by atoms with van der Waals surface area (Å²) in [6, 6.07) is 2.32. The molecule has 0 saturated carbocycles. The van der Waals surface area contributed by atoms with Crippen molar-refractivity contribution in [3.63, 3.8) is 0 Å². The van der Waals surface area contributed by atoms with E-state index in [0.717, 1.165) is 15.6 Å². The minimum atomic E-state index is -0.408. The van der Waals surface area contributed by atoms with Gasteiger partial charge in [0.1, 0.15) is 0 Å². The van der Waals surface area contributed by atoms with Crippen molar-refractivity contribution in [2.45, 2.75) is 46.0 Å². The average molecular weight is 208 g/mol. The molecule has 0 N–H and O–H groups in total. The Hall–Kier alpha value is -0.880. The number of rotatable bonds is 2. The molecule has 76 valence electrons. The van der Waals surface area contributed by atoms with Gasteiger partial charge in [0.05, 0.1) is 22.2 Å². The van der Waals surface area contributed by atoms with Crippen LogP contribution in [0.2, 0.25) is 0 Å². The van der Waals surface area contributed by atoms with Crippen molar-refractivity contribution in [2.75, 3.05) is 0 Å². The van der Waals surface area contributed by atoms with Gasteiger partial charge in [-0.3, -0.25) is 0 Å². The zero-order chi connectivity index (χ0) is 10.9. The highest BCUT2D eigenvalue weighted by atomic mass is 32.1. The average Bonchev–Trinajstić information content (AvgIpc) is 2.48. The van der Waals surface area contributed by atoms with Crippen LogP contribution < -0.4 is 0 Å². The Morgan fingerprint density at radius 2 is 2.00 bits per heavy atom. The molecule has 1 aromatic rings. The Kier molecular flexibility index (Phi) is 2.96. The standard InChI is InChI=1S/C11H16N2S/c1-7(2)10-13-8(3)9(14-10)11(4,5)6-12/h7H,1-5H3. The van der Waals surface area contributed by atoms with Crippen LogP contribution in [0.15, 0.2) is 0 Å². The van der Waals surface area contributed by atoms with E-state index in [2.05, 4.69) is 24.9 Å². The van der Waals surface area contributed by atoms with Crippen LogP contribution in [0, 0.1) is 18.3 Å². The molecule has 1 aromatic heterocycles. The molecule has 0 amide bonds. The number of aromatic nitrogens is 1. The largest absolute Gasteiger partial charge is 0.246 e. The Morgan fingerprint density at radius 3 is 2.36 bits per heavy atom. The van der Waals surface area contributed by atoms with Gasteiger partial charge in [0.2, 0.25) is 0 Å². The van der Waals surface area contributed by atoms with E-state index in [9.17, 15) is 0 Å². The smallest absolute Gasteiger partial charge is 0.0956 e. The van der Waals surface area contributed by atoms with Gasteiger partial charge in [0, 0.05) is 10.8 Å². The summed E-state index contributed by atoms with van der Waals surface area (Å²) in [5.41, 5.74) is 0.597. The van der Waals surface area contributed by atoms with Crippen molar-refractivity contribution >= 4 is 11.3 Å². The molecule has 0 unspecified atom stereocenters. The van der Waals surface area contributed by atoms with Crippen LogP contribution in [0.1, 0.15) is 49.2 Å². The van der Waals surface area contributed by atoms with Crippen molar-refractivity contribution in [3.05, 3.63) is 15.6 Å². The van der Waals surface area contributed by atoms with Crippen molar-refractivity contribution < 1.29 is 0 Å². The van der Waals surface area contributed by atoms with Crippen molar-refractivity contribution in [2.24, 2.45) is 0 Å². The molecule has 0 atom stereocenters. The molecular weight excluding hydrogens is 192 g/mol. The van der Waals surface area contributed by atoms with Gasteiger partial charge in [-0.1, -0.05) is 13.8 Å². The van der Waals surface area contributed by atoms with Crippen LogP contribution in [-0.2, 0) is 5.41 Å². The summed E-state index contributed by atoms with van der Waals surface area (Å²) < 4.78 is 0. The first kappa shape index (κ1) is 11.2. The Balaban J connectivity index is 3.19. The Labute approximate surface area is 89.6 Å². The molecule has 0 fully saturated rings. The van der Waals surface area contributed by atoms with E-state index in [0.29, 0.717) is 5.92 Å². The van der Waals surface area contributed by atoms with Gasteiger partial charge in [0.15, 0.2) is 0 Å². The summed E-state index contributed by atoms with van der Waals surface area (Å²) in [7, 11) is 0. The van der Waals surface area contributed by atoms with E-state index in [1.807, 2.05) is 20.8 Å². The summed E-state index contributed by atoms with van der Waals surface area (Å²) in [6.07, 6.45) is 0. The Morgan fingerprint density at radius 1 is 1.43 bits per heavy atom. The highest BCUT2D eigenvalue weighted by Gasteiger charge is 2.26. The summed E-state index contributed by atoms with van der Waals surface area (Å²) in [6.45, 7) is 10.1. The molecule has 14 heavy (non-hydrogen) atoms. The molecule has 0 aliphatic rings. The lowest BCUT2D eigenvalue weighted by molar-refractivity contribution is 0.694. The lowest BCUT2D eigenvalue weighted by Crippen LogP contribution is -2.13. The number of hydrogen-bond donors (Lipinski definition) is 0. The van der Waals surface area contributed by atoms with E-state index in [1.165, 1.54) is 0 Å². The number of nitriles is 1. The number of hydrogen-bond acceptors (Lipinski definition) is 3. The zero-order valence-corrected chi connectivity index (χ0v) is 10.2. The minimum Gasteiger partial charge on any atom is -0.246 e. The molecule has 1 heterocycles. The third-order valence-corrected chi connectivity index (χ3v) is 3.94. The molecule has 0 bridgehead atoms. The SMILES string of the molecule is Cc1nc(C(C)C)sc1C(C)(C)C#N. The van der Waals surface area contributed by atoms with Crippen LogP contribution in [0.3, 0.4) is 0 Å². The molecule has 2 nitrogen and oxygen atoms in total. The highest BCUT2D eigenvalue weighted by Crippen LogP contribution is 2.33. The number of nitrogens with zero attached hydrogens (tertiary/aromatic N) is 2. The molecule has 0 aliphatic heterocycles. The molecule has 1 rings (SSSR count). The molecule has 0 aromatic carbocycles. The van der Waals surface area contributed by atoms with E-state index in [1.54, 1.807) is 11.3 Å². The topological polar surface area (TPSA) is 36.7 Å². The third kappa shape index (κ3) is 1.96. The second-order valence-corrected chi connectivity index (χ2v) is 5.39. The molecule has 0 aliphatic carbocycles. The normalized spacial score (nSPS) is 11.8. The molecular formula is C11H16N2S. The van der Waals surface area contributed by atoms with Crippen LogP contribution in [0.5, 0.6) is 0 Å². The summed E-state index contributed by atoms with van der Waals surface area (Å²) in [4.78, 5) is 5.59. The molecule has 0 saturated heterocycles. The van der Waals surface area contributed by atoms with Gasteiger partial charge in [-0.05, 0) is 20.8 Å². The predicted octanol–water partition coefficient (Wildman–Crippen LogP) is 3.38. The maximum absolute atomic E-state index is 9.05. The first-order valence-electron chi connectivity index (χ1n) is 4.77. The van der Waals surface area contributed by atoms with Gasteiger partial charge < -0.3 is 0 Å². The van der Waals surface area contributed by atoms with Crippen LogP contribution >= 0.6 is 11.3 Å². The monoisotopic (exact) mass is 208 g/mol. The van der Waals surface area contributed by atoms with Gasteiger partial charge in [-0.15, -0.1) is 11.3 Å². The van der Waals surface area contributed by atoms with Gasteiger partial charge >= 0.3 is 0 Å². The fourth-order valence-electron chi connectivity index (χ4n) is 1.29. The summed E-state index contributed by atoms with van der Waals surface area (Å²) in [5.74, 6) is 0.446. The summed E-state index contributed by atoms with van der Waals surface area (Å²) in [5, 5.41) is 10.2. The number of aryl methyl sites for hydroxylation is 1. The second kappa shape index (κ2) is 3.70. The first-order chi connectivity index (χ1) is 6.38. The fourth-order valence-corrected chi connectivity index (χ4v) is 2.42. The predicted molar refractivity (Wildman–Crippen MR) is 59.6 cm³/mol. The van der Waals surface area contributed by atoms with Crippen LogP contribution in [-0.4, -0.2) is 4.98 Å². The van der Waals surface area contributed by atoms with E-state index in [-0.39, 0.29) is 0 Å². The van der Waals surface area contributed by atoms with Crippen molar-refractivity contribution in [1.82, 2.24) is 4.98 Å². The number of thiazole rings is 1. The second-order valence-electron chi connectivity index (χ2n) is 4.36. The molecule has 0 spiro atoms. The minimum absolute atomic E-state index is 0.408. The van der Waals surface area contributed by atoms with E-state index < -0.39 is 5.41 Å². The van der Waals surface area contributed by atoms with E-state index >= 15 is 0 Å². The fraction of sp³-hybridized carbons (Fsp3) is 0.636. The van der Waals surface area contributed by atoms with Crippen molar-refractivity contribution in [3.8, 4) is 6.07 Å². The van der Waals surface area contributed by atoms with E-state index in [4.69, 9.17) is 5.26 Å². The van der Waals surface area contributed by atoms with Gasteiger partial charge in [-0.2, -0.15) is 5.26 Å². The highest BCUT2D eigenvalue weighted by molar-refractivity contribution is 7.12. The first-order valence-corrected chi connectivity index (χ1v) is 5.59. The molecule has 3 heteroatoms. The van der Waals surface area contributed by atoms with Crippen LogP contribution in [0.4, 0.5) is 0 Å². The maximum Gasteiger partial charge on any atom is 0.0956 e. The van der Waals surface area contributed by atoms with Gasteiger partial charge in [-0.25, -0.2) is 4.98 Å². The quantitative estimate of drug-likeness (QED) is 0.747. The zero-order valence-electron chi connectivity index (χ0n) is 9.38.